The molecule has 1 unspecified atom stereocenters. The molecule has 0 saturated carbocycles. The minimum absolute atomic E-state index is 0.170. The van der Waals surface area contributed by atoms with Crippen molar-refractivity contribution in [2.24, 2.45) is 0 Å². The smallest absolute Gasteiger partial charge is 0.123 e. The predicted molar refractivity (Wildman–Crippen MR) is 65.6 cm³/mol. The lowest BCUT2D eigenvalue weighted by Gasteiger charge is -2.15. The third kappa shape index (κ3) is 4.46. The highest BCUT2D eigenvalue weighted by Gasteiger charge is 2.07. The summed E-state index contributed by atoms with van der Waals surface area (Å²) in [7, 11) is 1.93. The molecule has 0 fully saturated rings. The average molecular weight is 219 g/mol. The Hall–Kier alpha value is -1.33. The van der Waals surface area contributed by atoms with Gasteiger partial charge in [-0.3, -0.25) is 0 Å². The first-order chi connectivity index (χ1) is 7.76. The lowest BCUT2D eigenvalue weighted by molar-refractivity contribution is 0.504. The average Bonchev–Trinajstić information content (AvgIpc) is 2.28. The molecule has 0 amide bonds. The van der Waals surface area contributed by atoms with Gasteiger partial charge in [-0.1, -0.05) is 12.1 Å². The van der Waals surface area contributed by atoms with Gasteiger partial charge >= 0.3 is 0 Å². The van der Waals surface area contributed by atoms with Crippen LogP contribution in [-0.2, 0) is 6.42 Å². The fraction of sp³-hybridized carbons (Fsp3) is 0.429. The van der Waals surface area contributed by atoms with Gasteiger partial charge in [0.1, 0.15) is 5.82 Å². The van der Waals surface area contributed by atoms with E-state index in [-0.39, 0.29) is 5.82 Å². The van der Waals surface area contributed by atoms with E-state index in [0.29, 0.717) is 6.04 Å². The maximum Gasteiger partial charge on any atom is 0.123 e. The highest BCUT2D eigenvalue weighted by molar-refractivity contribution is 5.17. The molecule has 0 saturated heterocycles. The van der Waals surface area contributed by atoms with E-state index in [0.717, 1.165) is 31.2 Å². The Kier molecular flexibility index (Phi) is 5.60. The molecule has 0 aliphatic carbocycles. The Morgan fingerprint density at radius 1 is 1.50 bits per heavy atom. The van der Waals surface area contributed by atoms with Crippen LogP contribution >= 0.6 is 0 Å². The van der Waals surface area contributed by atoms with Crippen LogP contribution in [0.1, 0.15) is 24.8 Å². The molecule has 0 aliphatic rings. The van der Waals surface area contributed by atoms with E-state index < -0.39 is 0 Å². The number of halogens is 1. The maximum atomic E-state index is 13.0. The van der Waals surface area contributed by atoms with Crippen molar-refractivity contribution in [3.8, 4) is 12.3 Å². The molecule has 1 nitrogen and oxygen atoms in total. The quantitative estimate of drug-likeness (QED) is 0.573. The number of likely N-dealkylation sites (N-methyl/N-ethyl adjacent to an activating group) is 1. The van der Waals surface area contributed by atoms with E-state index in [2.05, 4.69) is 11.2 Å². The molecular formula is C14H18FN. The summed E-state index contributed by atoms with van der Waals surface area (Å²) in [5.74, 6) is 2.46. The van der Waals surface area contributed by atoms with Crippen molar-refractivity contribution in [3.63, 3.8) is 0 Å². The SMILES string of the molecule is C#CCCCC(Cc1cccc(F)c1)NC. The molecule has 1 aromatic carbocycles. The summed E-state index contributed by atoms with van der Waals surface area (Å²) >= 11 is 0. The summed E-state index contributed by atoms with van der Waals surface area (Å²) in [5, 5.41) is 3.24. The lowest BCUT2D eigenvalue weighted by atomic mass is 10.0. The molecule has 0 heterocycles. The van der Waals surface area contributed by atoms with E-state index in [4.69, 9.17) is 6.42 Å². The third-order valence-electron chi connectivity index (χ3n) is 2.65. The van der Waals surface area contributed by atoms with Crippen LogP contribution in [0, 0.1) is 18.2 Å². The molecule has 0 radical (unpaired) electrons. The number of hydrogen-bond acceptors (Lipinski definition) is 1. The largest absolute Gasteiger partial charge is 0.317 e. The Morgan fingerprint density at radius 3 is 2.94 bits per heavy atom. The molecule has 0 spiro atoms. The maximum absolute atomic E-state index is 13.0. The number of terminal acetylenes is 1. The summed E-state index contributed by atoms with van der Waals surface area (Å²) in [6, 6.07) is 7.13. The molecule has 1 atom stereocenters. The van der Waals surface area contributed by atoms with Crippen molar-refractivity contribution in [2.75, 3.05) is 7.05 Å². The van der Waals surface area contributed by atoms with Gasteiger partial charge < -0.3 is 5.32 Å². The fourth-order valence-electron chi connectivity index (χ4n) is 1.75. The second kappa shape index (κ2) is 7.03. The molecule has 16 heavy (non-hydrogen) atoms. The zero-order chi connectivity index (χ0) is 11.8. The number of unbranched alkanes of at least 4 members (excludes halogenated alkanes) is 1. The normalized spacial score (nSPS) is 12.1. The van der Waals surface area contributed by atoms with Crippen LogP contribution in [-0.4, -0.2) is 13.1 Å². The first-order valence-electron chi connectivity index (χ1n) is 5.61. The summed E-state index contributed by atoms with van der Waals surface area (Å²) in [4.78, 5) is 0. The first kappa shape index (κ1) is 12.7. The van der Waals surface area contributed by atoms with Crippen molar-refractivity contribution >= 4 is 0 Å². The molecule has 1 aromatic rings. The molecule has 0 aliphatic heterocycles. The Bertz CT molecular complexity index is 354. The van der Waals surface area contributed by atoms with Gasteiger partial charge in [0, 0.05) is 12.5 Å². The van der Waals surface area contributed by atoms with Gasteiger partial charge in [-0.15, -0.1) is 12.3 Å². The second-order valence-electron chi connectivity index (χ2n) is 3.92. The van der Waals surface area contributed by atoms with Gasteiger partial charge in [-0.2, -0.15) is 0 Å². The minimum Gasteiger partial charge on any atom is -0.317 e. The van der Waals surface area contributed by atoms with E-state index in [9.17, 15) is 4.39 Å². The van der Waals surface area contributed by atoms with E-state index in [1.807, 2.05) is 13.1 Å². The third-order valence-corrected chi connectivity index (χ3v) is 2.65. The van der Waals surface area contributed by atoms with Gasteiger partial charge in [0.25, 0.3) is 0 Å². The molecule has 1 N–H and O–H groups in total. The zero-order valence-electron chi connectivity index (χ0n) is 9.67. The summed E-state index contributed by atoms with van der Waals surface area (Å²) in [6.07, 6.45) is 8.90. The summed E-state index contributed by atoms with van der Waals surface area (Å²) in [5.41, 5.74) is 1.03. The summed E-state index contributed by atoms with van der Waals surface area (Å²) < 4.78 is 13.0. The van der Waals surface area contributed by atoms with Gasteiger partial charge in [0.15, 0.2) is 0 Å². The number of benzene rings is 1. The number of rotatable bonds is 6. The number of nitrogens with one attached hydrogen (secondary N) is 1. The summed E-state index contributed by atoms with van der Waals surface area (Å²) in [6.45, 7) is 0. The molecule has 1 rings (SSSR count). The van der Waals surface area contributed by atoms with Crippen LogP contribution in [0.25, 0.3) is 0 Å². The topological polar surface area (TPSA) is 12.0 Å². The van der Waals surface area contributed by atoms with Gasteiger partial charge in [0.2, 0.25) is 0 Å². The van der Waals surface area contributed by atoms with E-state index in [1.165, 1.54) is 6.07 Å². The van der Waals surface area contributed by atoms with Crippen LogP contribution in [0.2, 0.25) is 0 Å². The molecular weight excluding hydrogens is 201 g/mol. The molecule has 86 valence electrons. The highest BCUT2D eigenvalue weighted by Crippen LogP contribution is 2.10. The molecule has 0 bridgehead atoms. The second-order valence-corrected chi connectivity index (χ2v) is 3.92. The van der Waals surface area contributed by atoms with Crippen molar-refractivity contribution in [3.05, 3.63) is 35.6 Å². The van der Waals surface area contributed by atoms with Crippen LogP contribution in [0.4, 0.5) is 4.39 Å². The van der Waals surface area contributed by atoms with Crippen LogP contribution in [0.5, 0.6) is 0 Å². The van der Waals surface area contributed by atoms with Crippen molar-refractivity contribution in [2.45, 2.75) is 31.7 Å². The Labute approximate surface area is 97.1 Å². The molecule has 2 heteroatoms. The zero-order valence-corrected chi connectivity index (χ0v) is 9.67. The minimum atomic E-state index is -0.170. The van der Waals surface area contributed by atoms with E-state index in [1.54, 1.807) is 12.1 Å². The monoisotopic (exact) mass is 219 g/mol. The fourth-order valence-corrected chi connectivity index (χ4v) is 1.75. The van der Waals surface area contributed by atoms with Gasteiger partial charge in [0.05, 0.1) is 0 Å². The van der Waals surface area contributed by atoms with Crippen LogP contribution in [0.3, 0.4) is 0 Å². The van der Waals surface area contributed by atoms with E-state index >= 15 is 0 Å². The number of hydrogen-bond donors (Lipinski definition) is 1. The first-order valence-corrected chi connectivity index (χ1v) is 5.61. The molecule has 0 aromatic heterocycles. The standard InChI is InChI=1S/C14H18FN/c1-3-4-5-9-14(16-2)11-12-7-6-8-13(15)10-12/h1,6-8,10,14,16H,4-5,9,11H2,2H3. The van der Waals surface area contributed by atoms with Gasteiger partial charge in [-0.05, 0) is 44.0 Å². The Morgan fingerprint density at radius 2 is 2.31 bits per heavy atom. The van der Waals surface area contributed by atoms with Gasteiger partial charge in [-0.25, -0.2) is 4.39 Å². The highest BCUT2D eigenvalue weighted by atomic mass is 19.1. The van der Waals surface area contributed by atoms with Crippen LogP contribution < -0.4 is 5.32 Å². The lowest BCUT2D eigenvalue weighted by Crippen LogP contribution is -2.27. The van der Waals surface area contributed by atoms with Crippen molar-refractivity contribution < 1.29 is 4.39 Å². The van der Waals surface area contributed by atoms with Crippen molar-refractivity contribution in [1.29, 1.82) is 0 Å². The van der Waals surface area contributed by atoms with Crippen molar-refractivity contribution in [1.82, 2.24) is 5.32 Å². The van der Waals surface area contributed by atoms with Crippen LogP contribution in [0.15, 0.2) is 24.3 Å². The predicted octanol–water partition coefficient (Wildman–Crippen LogP) is 2.76. The Balaban J connectivity index is 2.47.